The van der Waals surface area contributed by atoms with Crippen LogP contribution in [0.2, 0.25) is 0 Å². The van der Waals surface area contributed by atoms with Gasteiger partial charge in [-0.25, -0.2) is 0 Å². The van der Waals surface area contributed by atoms with E-state index in [0.29, 0.717) is 0 Å². The van der Waals surface area contributed by atoms with E-state index in [2.05, 4.69) is 0 Å². The average Bonchev–Trinajstić information content (AvgIpc) is 1.81. The maximum atomic E-state index is 10.4. The van der Waals surface area contributed by atoms with Crippen molar-refractivity contribution in [2.75, 3.05) is 0 Å². The van der Waals surface area contributed by atoms with Gasteiger partial charge in [-0.15, -0.1) is 11.6 Å². The van der Waals surface area contributed by atoms with Gasteiger partial charge in [-0.05, 0) is 0 Å². The molecular weight excluding hydrogens is 312 g/mol. The lowest BCUT2D eigenvalue weighted by atomic mass is 10.2. The molecule has 12 heavy (non-hydrogen) atoms. The minimum absolute atomic E-state index is 1.18. The molecule has 0 N–H and O–H groups in total. The van der Waals surface area contributed by atoms with Crippen LogP contribution in [0.4, 0.5) is 0 Å². The van der Waals surface area contributed by atoms with E-state index in [1.54, 1.807) is 0 Å². The average molecular weight is 312 g/mol. The fourth-order valence-corrected chi connectivity index (χ4v) is 1.79. The predicted molar refractivity (Wildman–Crippen MR) is 54.9 cm³/mol. The quantitative estimate of drug-likeness (QED) is 0.673. The van der Waals surface area contributed by atoms with Crippen LogP contribution >= 0.6 is 81.2 Å². The van der Waals surface area contributed by atoms with Gasteiger partial charge in [0.05, 0.1) is 0 Å². The molecule has 0 unspecified atom stereocenters. The van der Waals surface area contributed by atoms with Crippen molar-refractivity contribution in [3.8, 4) is 0 Å². The van der Waals surface area contributed by atoms with Crippen LogP contribution < -0.4 is 0 Å². The summed E-state index contributed by atoms with van der Waals surface area (Å²) in [4.78, 5) is 8.03. The first-order valence-electron chi connectivity index (χ1n) is 2.28. The van der Waals surface area contributed by atoms with Crippen molar-refractivity contribution >= 4 is 87.5 Å². The Hall–Kier alpha value is 1.70. The number of halogens is 7. The van der Waals surface area contributed by atoms with Crippen molar-refractivity contribution < 1.29 is 4.79 Å². The summed E-state index contributed by atoms with van der Waals surface area (Å²) < 4.78 is -4.50. The smallest absolute Gasteiger partial charge is 0.230 e. The SMILES string of the molecule is O=[C]C(Cl)(C(Cl)(Cl)Cl)C(Cl)(Cl)Cl. The Balaban J connectivity index is 5.09. The number of alkyl halides is 7. The van der Waals surface area contributed by atoms with E-state index in [4.69, 9.17) is 81.2 Å². The lowest BCUT2D eigenvalue weighted by Crippen LogP contribution is -2.50. The molecule has 0 bridgehead atoms. The van der Waals surface area contributed by atoms with Gasteiger partial charge in [0, 0.05) is 0 Å². The molecule has 0 atom stereocenters. The number of rotatable bonds is 1. The largest absolute Gasteiger partial charge is 0.288 e. The third-order valence-electron chi connectivity index (χ3n) is 0.922. The van der Waals surface area contributed by atoms with Gasteiger partial charge in [-0.3, -0.25) is 4.79 Å². The molecule has 0 aliphatic rings. The molecule has 1 nitrogen and oxygen atoms in total. The zero-order valence-corrected chi connectivity index (χ0v) is 10.3. The minimum atomic E-state index is -2.32. The van der Waals surface area contributed by atoms with Crippen molar-refractivity contribution in [1.82, 2.24) is 0 Å². The molecular formula is C4Cl7O. The Morgan fingerprint density at radius 2 is 1.00 bits per heavy atom. The van der Waals surface area contributed by atoms with Crippen molar-refractivity contribution in [2.24, 2.45) is 0 Å². The molecule has 0 aliphatic heterocycles. The summed E-state index contributed by atoms with van der Waals surface area (Å²) in [6.45, 7) is 0. The minimum Gasteiger partial charge on any atom is -0.288 e. The van der Waals surface area contributed by atoms with Crippen molar-refractivity contribution in [3.63, 3.8) is 0 Å². The molecule has 0 aromatic carbocycles. The lowest BCUT2D eigenvalue weighted by molar-refractivity contribution is 0.531. The summed E-state index contributed by atoms with van der Waals surface area (Å²) in [5, 5.41) is 0. The molecule has 0 fully saturated rings. The van der Waals surface area contributed by atoms with Crippen LogP contribution in [-0.2, 0) is 4.79 Å². The summed E-state index contributed by atoms with van der Waals surface area (Å²) >= 11 is 37.3. The molecule has 0 saturated carbocycles. The first kappa shape index (κ1) is 13.7. The van der Waals surface area contributed by atoms with Gasteiger partial charge in [0.25, 0.3) is 0 Å². The normalized spacial score (nSPS) is 14.6. The standard InChI is InChI=1S/C4Cl7O/c5-2(1-12,3(6,7)8)4(9,10)11. The first-order chi connectivity index (χ1) is 5.06. The molecule has 0 aliphatic carbocycles. The van der Waals surface area contributed by atoms with Crippen LogP contribution in [0.3, 0.4) is 0 Å². The van der Waals surface area contributed by atoms with E-state index < -0.39 is 12.5 Å². The zero-order chi connectivity index (χ0) is 10.2. The van der Waals surface area contributed by atoms with E-state index in [1.165, 1.54) is 6.29 Å². The molecule has 0 amide bonds. The fraction of sp³-hybridized carbons (Fsp3) is 0.750. The molecule has 0 aromatic heterocycles. The van der Waals surface area contributed by atoms with Crippen molar-refractivity contribution in [1.29, 1.82) is 0 Å². The Bertz CT molecular complexity index is 163. The van der Waals surface area contributed by atoms with Gasteiger partial charge in [0.2, 0.25) is 18.7 Å². The highest BCUT2D eigenvalue weighted by atomic mass is 35.6. The van der Waals surface area contributed by atoms with Gasteiger partial charge in [0.15, 0.2) is 0 Å². The Kier molecular flexibility index (Phi) is 4.63. The maximum absolute atomic E-state index is 10.4. The molecule has 8 heteroatoms. The second-order valence-corrected chi connectivity index (χ2v) is 6.89. The summed E-state index contributed by atoms with van der Waals surface area (Å²) in [7, 11) is 0. The topological polar surface area (TPSA) is 17.1 Å². The third kappa shape index (κ3) is 2.60. The first-order valence-corrected chi connectivity index (χ1v) is 4.92. The van der Waals surface area contributed by atoms with Crippen molar-refractivity contribution in [3.05, 3.63) is 0 Å². The van der Waals surface area contributed by atoms with Crippen LogP contribution in [0.1, 0.15) is 0 Å². The van der Waals surface area contributed by atoms with Gasteiger partial charge >= 0.3 is 0 Å². The molecule has 0 saturated heterocycles. The Labute approximate surface area is 104 Å². The van der Waals surface area contributed by atoms with Gasteiger partial charge in [-0.1, -0.05) is 69.6 Å². The summed E-state index contributed by atoms with van der Waals surface area (Å²) in [5.41, 5.74) is 0. The molecule has 0 aromatic rings. The van der Waals surface area contributed by atoms with Crippen LogP contribution in [0.5, 0.6) is 0 Å². The van der Waals surface area contributed by atoms with E-state index in [1.807, 2.05) is 0 Å². The molecule has 0 heterocycles. The maximum Gasteiger partial charge on any atom is 0.230 e. The molecule has 1 radical (unpaired) electrons. The van der Waals surface area contributed by atoms with Crippen LogP contribution in [0.15, 0.2) is 0 Å². The monoisotopic (exact) mass is 309 g/mol. The highest BCUT2D eigenvalue weighted by molar-refractivity contribution is 6.79. The summed E-state index contributed by atoms with van der Waals surface area (Å²) in [6, 6.07) is 0. The van der Waals surface area contributed by atoms with Gasteiger partial charge < -0.3 is 0 Å². The zero-order valence-electron chi connectivity index (χ0n) is 5.05. The number of hydrogen-bond donors (Lipinski definition) is 0. The summed E-state index contributed by atoms with van der Waals surface area (Å²) in [5.74, 6) is 0. The van der Waals surface area contributed by atoms with Crippen molar-refractivity contribution in [2.45, 2.75) is 12.5 Å². The predicted octanol–water partition coefficient (Wildman–Crippen LogP) is 3.81. The van der Waals surface area contributed by atoms with E-state index in [9.17, 15) is 4.79 Å². The van der Waals surface area contributed by atoms with Crippen LogP contribution in [0, 0.1) is 0 Å². The Morgan fingerprint density at radius 1 is 0.750 bits per heavy atom. The highest BCUT2D eigenvalue weighted by Gasteiger charge is 2.61. The van der Waals surface area contributed by atoms with E-state index in [0.717, 1.165) is 0 Å². The van der Waals surface area contributed by atoms with E-state index in [-0.39, 0.29) is 0 Å². The summed E-state index contributed by atoms with van der Waals surface area (Å²) in [6.07, 6.45) is 1.18. The second-order valence-electron chi connectivity index (χ2n) is 1.76. The molecule has 0 spiro atoms. The van der Waals surface area contributed by atoms with Crippen LogP contribution in [-0.4, -0.2) is 18.7 Å². The lowest BCUT2D eigenvalue weighted by Gasteiger charge is -2.33. The second kappa shape index (κ2) is 4.06. The third-order valence-corrected chi connectivity index (χ3v) is 3.85. The van der Waals surface area contributed by atoms with Gasteiger partial charge in [-0.2, -0.15) is 0 Å². The van der Waals surface area contributed by atoms with Gasteiger partial charge in [0.1, 0.15) is 0 Å². The fourth-order valence-electron chi connectivity index (χ4n) is 0.276. The van der Waals surface area contributed by atoms with E-state index >= 15 is 0 Å². The molecule has 0 rings (SSSR count). The van der Waals surface area contributed by atoms with Crippen LogP contribution in [0.25, 0.3) is 0 Å². The highest BCUT2D eigenvalue weighted by Crippen LogP contribution is 2.54. The molecule has 71 valence electrons. The number of carbonyl (C=O) groups excluding carboxylic acids is 1. The number of hydrogen-bond acceptors (Lipinski definition) is 1. The Morgan fingerprint density at radius 3 is 1.00 bits per heavy atom.